The largest absolute Gasteiger partial charge is 0.468 e. The van der Waals surface area contributed by atoms with Crippen molar-refractivity contribution in [1.82, 2.24) is 19.6 Å². The normalized spacial score (nSPS) is 26.9. The van der Waals surface area contributed by atoms with Crippen molar-refractivity contribution in [2.45, 2.75) is 57.0 Å². The number of fused-ring (bicyclic) bond motifs is 1. The molecular weight excluding hydrogens is 505 g/mol. The van der Waals surface area contributed by atoms with E-state index in [1.54, 1.807) is 42.6 Å². The maximum Gasteiger partial charge on any atom is 0.459 e. The minimum atomic E-state index is -4.23. The molecule has 3 aromatic rings. The zero-order chi connectivity index (χ0) is 27.0. The van der Waals surface area contributed by atoms with Gasteiger partial charge in [0.15, 0.2) is 6.23 Å². The predicted molar refractivity (Wildman–Crippen MR) is 132 cm³/mol. The van der Waals surface area contributed by atoms with Gasteiger partial charge in [-0.1, -0.05) is 18.2 Å². The molecule has 13 nitrogen and oxygen atoms in total. The van der Waals surface area contributed by atoms with Crippen molar-refractivity contribution in [2.75, 3.05) is 12.8 Å². The first kappa shape index (κ1) is 27.0. The van der Waals surface area contributed by atoms with Crippen molar-refractivity contribution in [3.8, 4) is 5.75 Å². The van der Waals surface area contributed by atoms with Crippen LogP contribution in [0.25, 0.3) is 11.0 Å². The van der Waals surface area contributed by atoms with Crippen LogP contribution in [0.15, 0.2) is 48.9 Å². The number of hydrogen-bond donors (Lipinski definition) is 4. The van der Waals surface area contributed by atoms with Gasteiger partial charge >= 0.3 is 13.7 Å². The minimum absolute atomic E-state index is 0.219. The lowest BCUT2D eigenvalue weighted by Crippen LogP contribution is -2.46. The Morgan fingerprint density at radius 3 is 2.65 bits per heavy atom. The number of carbonyl (C=O) groups excluding carboxylic acids is 1. The third-order valence-electron chi connectivity index (χ3n) is 6.13. The smallest absolute Gasteiger partial charge is 0.459 e. The monoisotopic (exact) mass is 535 g/mol. The number of nitrogens with one attached hydrogen (secondary N) is 1. The van der Waals surface area contributed by atoms with Gasteiger partial charge in [0.25, 0.3) is 0 Å². The van der Waals surface area contributed by atoms with Crippen LogP contribution in [0.2, 0.25) is 0 Å². The maximum absolute atomic E-state index is 13.8. The molecule has 4 rings (SSSR count). The molecule has 200 valence electrons. The lowest BCUT2D eigenvalue weighted by molar-refractivity contribution is -0.142. The van der Waals surface area contributed by atoms with Gasteiger partial charge in [-0.15, -0.1) is 0 Å². The van der Waals surface area contributed by atoms with E-state index in [9.17, 15) is 19.6 Å². The number of aliphatic hydroxyl groups excluding tert-OH is 1. The fourth-order valence-corrected chi connectivity index (χ4v) is 5.87. The fourth-order valence-electron chi connectivity index (χ4n) is 4.18. The van der Waals surface area contributed by atoms with Gasteiger partial charge in [0, 0.05) is 6.20 Å². The Morgan fingerprint density at radius 2 is 1.97 bits per heavy atom. The van der Waals surface area contributed by atoms with Crippen molar-refractivity contribution in [1.29, 1.82) is 0 Å². The maximum atomic E-state index is 13.8. The average molecular weight is 535 g/mol. The molecule has 7 atom stereocenters. The molecule has 1 aliphatic rings. The summed E-state index contributed by atoms with van der Waals surface area (Å²) in [5.74, 6) is -0.217. The number of methoxy groups -OCH3 is 1. The zero-order valence-electron chi connectivity index (χ0n) is 20.7. The van der Waals surface area contributed by atoms with Gasteiger partial charge in [0.05, 0.1) is 18.6 Å². The number of carbonyl (C=O) groups is 1. The van der Waals surface area contributed by atoms with E-state index in [-0.39, 0.29) is 11.6 Å². The van der Waals surface area contributed by atoms with E-state index in [1.807, 2.05) is 0 Å². The Morgan fingerprint density at radius 1 is 1.27 bits per heavy atom. The molecule has 1 fully saturated rings. The van der Waals surface area contributed by atoms with Gasteiger partial charge in [-0.25, -0.2) is 14.5 Å². The van der Waals surface area contributed by atoms with Gasteiger partial charge in [-0.05, 0) is 39.0 Å². The number of aromatic nitrogens is 3. The van der Waals surface area contributed by atoms with Crippen molar-refractivity contribution >= 4 is 30.6 Å². The highest BCUT2D eigenvalue weighted by atomic mass is 31.2. The number of esters is 1. The number of aliphatic hydroxyl groups is 2. The second-order valence-corrected chi connectivity index (χ2v) is 10.6. The number of nitrogens with zero attached hydrogens (tertiary/aromatic N) is 3. The van der Waals surface area contributed by atoms with E-state index in [1.165, 1.54) is 38.8 Å². The number of hydrogen-bond acceptors (Lipinski definition) is 11. The Labute approximate surface area is 213 Å². The van der Waals surface area contributed by atoms with E-state index in [2.05, 4.69) is 15.1 Å². The first-order chi connectivity index (χ1) is 17.5. The first-order valence-electron chi connectivity index (χ1n) is 11.5. The summed E-state index contributed by atoms with van der Waals surface area (Å²) in [4.78, 5) is 20.2. The van der Waals surface area contributed by atoms with Crippen LogP contribution in [0.3, 0.4) is 0 Å². The summed E-state index contributed by atoms with van der Waals surface area (Å²) in [6, 6.07) is 8.86. The quantitative estimate of drug-likeness (QED) is 0.231. The molecule has 1 aromatic carbocycles. The number of para-hydroxylation sites is 1. The fraction of sp³-hybridized carbons (Fsp3) is 0.435. The summed E-state index contributed by atoms with van der Waals surface area (Å²) in [6.45, 7) is 4.35. The summed E-state index contributed by atoms with van der Waals surface area (Å²) in [5.41, 5.74) is 4.51. The SMILES string of the molecule is COC(=O)[C@H](C)NP(=O)(Oc1ccccc1)O[C@H](C)[C@H]1O[C@@H](n2ccc3c(N)ncnc32)[C@](C)(O)[C@@H]1O. The van der Waals surface area contributed by atoms with Crippen molar-refractivity contribution in [3.05, 3.63) is 48.9 Å². The Bertz CT molecular complexity index is 1300. The van der Waals surface area contributed by atoms with Crippen LogP contribution >= 0.6 is 7.75 Å². The first-order valence-corrected chi connectivity index (χ1v) is 13.0. The molecule has 0 aliphatic carbocycles. The Balaban J connectivity index is 1.60. The number of anilines is 1. The Hall–Kier alpha value is -3.06. The third kappa shape index (κ3) is 5.33. The summed E-state index contributed by atoms with van der Waals surface area (Å²) in [6.07, 6.45) is -1.91. The lowest BCUT2D eigenvalue weighted by atomic mass is 9.94. The van der Waals surface area contributed by atoms with Gasteiger partial charge in [-0.3, -0.25) is 9.32 Å². The van der Waals surface area contributed by atoms with E-state index in [0.29, 0.717) is 11.0 Å². The van der Waals surface area contributed by atoms with Crippen LogP contribution in [-0.4, -0.2) is 67.8 Å². The van der Waals surface area contributed by atoms with Gasteiger partial charge in [0.1, 0.15) is 47.4 Å². The van der Waals surface area contributed by atoms with E-state index >= 15 is 0 Å². The van der Waals surface area contributed by atoms with E-state index in [0.717, 1.165) is 0 Å². The average Bonchev–Trinajstić information content (AvgIpc) is 3.38. The molecule has 3 heterocycles. The van der Waals surface area contributed by atoms with E-state index in [4.69, 9.17) is 24.3 Å². The standard InChI is InChI=1S/C23H30N5O8P/c1-13(21(30)33-4)27-37(32,36-15-8-6-5-7-9-15)35-14(2)17-18(29)23(3,31)22(34-17)28-11-10-16-19(24)25-12-26-20(16)28/h5-14,17-18,22,29,31H,1-4H3,(H,27,32)(H2,24,25,26)/t13-,14+,17+,18+,22+,23+,37?/m0/s1. The Kier molecular flexibility index (Phi) is 7.56. The highest BCUT2D eigenvalue weighted by Crippen LogP contribution is 2.49. The summed E-state index contributed by atoms with van der Waals surface area (Å²) < 4.78 is 37.5. The summed E-state index contributed by atoms with van der Waals surface area (Å²) in [7, 11) is -3.04. The van der Waals surface area contributed by atoms with Crippen LogP contribution in [-0.2, 0) is 23.4 Å². The van der Waals surface area contributed by atoms with Gasteiger partial charge in [0.2, 0.25) is 0 Å². The second-order valence-electron chi connectivity index (χ2n) is 8.93. The predicted octanol–water partition coefficient (Wildman–Crippen LogP) is 1.77. The second kappa shape index (κ2) is 10.4. The molecular formula is C23H30N5O8P. The molecule has 0 spiro atoms. The van der Waals surface area contributed by atoms with Gasteiger partial charge < -0.3 is 34.5 Å². The number of nitrogens with two attached hydrogens (primary N) is 1. The molecule has 0 saturated carbocycles. The number of benzene rings is 1. The van der Waals surface area contributed by atoms with Gasteiger partial charge in [-0.2, -0.15) is 5.09 Å². The molecule has 37 heavy (non-hydrogen) atoms. The van der Waals surface area contributed by atoms with E-state index < -0.39 is 49.9 Å². The highest BCUT2D eigenvalue weighted by Gasteiger charge is 2.56. The minimum Gasteiger partial charge on any atom is -0.468 e. The lowest BCUT2D eigenvalue weighted by Gasteiger charge is -2.29. The highest BCUT2D eigenvalue weighted by molar-refractivity contribution is 7.52. The van der Waals surface area contributed by atoms with Crippen molar-refractivity contribution in [2.24, 2.45) is 0 Å². The van der Waals surface area contributed by atoms with Crippen LogP contribution in [0, 0.1) is 0 Å². The molecule has 14 heteroatoms. The number of rotatable bonds is 9. The topological polar surface area (TPSA) is 180 Å². The molecule has 1 saturated heterocycles. The summed E-state index contributed by atoms with van der Waals surface area (Å²) >= 11 is 0. The number of nitrogen functional groups attached to an aromatic ring is 1. The third-order valence-corrected chi connectivity index (χ3v) is 7.90. The molecule has 2 aromatic heterocycles. The van der Waals surface area contributed by atoms with Crippen molar-refractivity contribution < 1.29 is 38.1 Å². The molecule has 1 unspecified atom stereocenters. The molecule has 0 bridgehead atoms. The van der Waals surface area contributed by atoms with Crippen LogP contribution in [0.5, 0.6) is 5.75 Å². The summed E-state index contributed by atoms with van der Waals surface area (Å²) in [5, 5.41) is 25.3. The van der Waals surface area contributed by atoms with Crippen LogP contribution in [0.1, 0.15) is 27.0 Å². The molecule has 0 amide bonds. The molecule has 0 radical (unpaired) electrons. The van der Waals surface area contributed by atoms with Crippen LogP contribution in [0.4, 0.5) is 5.82 Å². The zero-order valence-corrected chi connectivity index (χ0v) is 21.6. The molecule has 5 N–H and O–H groups in total. The van der Waals surface area contributed by atoms with Crippen LogP contribution < -0.4 is 15.3 Å². The van der Waals surface area contributed by atoms with Crippen molar-refractivity contribution in [3.63, 3.8) is 0 Å². The molecule has 1 aliphatic heterocycles. The number of ether oxygens (including phenoxy) is 2.